The Morgan fingerprint density at radius 3 is 2.61 bits per heavy atom. The second-order valence-electron chi connectivity index (χ2n) is 7.66. The molecule has 0 amide bonds. The second kappa shape index (κ2) is 10.5. The van der Waals surface area contributed by atoms with Crippen molar-refractivity contribution in [3.05, 3.63) is 75.9 Å². The summed E-state index contributed by atoms with van der Waals surface area (Å²) in [5.74, 6) is 0.162. The summed E-state index contributed by atoms with van der Waals surface area (Å²) in [5.41, 5.74) is 1.69. The summed E-state index contributed by atoms with van der Waals surface area (Å²) in [4.78, 5) is 21.4. The van der Waals surface area contributed by atoms with Crippen molar-refractivity contribution in [2.45, 2.75) is 11.8 Å². The smallest absolute Gasteiger partial charge is 0.300 e. The molecular formula is C24H23ClN4O6S. The highest BCUT2D eigenvalue weighted by Gasteiger charge is 2.21. The first-order valence-corrected chi connectivity index (χ1v) is 12.6. The average molecular weight is 531 g/mol. The van der Waals surface area contributed by atoms with Crippen LogP contribution < -0.4 is 19.8 Å². The molecule has 0 atom stereocenters. The number of sulfonamides is 1. The highest BCUT2D eigenvalue weighted by molar-refractivity contribution is 7.92. The molecule has 3 heterocycles. The lowest BCUT2D eigenvalue weighted by Crippen LogP contribution is -2.19. The van der Waals surface area contributed by atoms with Crippen molar-refractivity contribution in [2.75, 3.05) is 32.2 Å². The molecule has 36 heavy (non-hydrogen) atoms. The van der Waals surface area contributed by atoms with Gasteiger partial charge in [-0.15, -0.1) is 0 Å². The van der Waals surface area contributed by atoms with Gasteiger partial charge in [-0.25, -0.2) is 18.4 Å². The van der Waals surface area contributed by atoms with E-state index in [0.717, 1.165) is 0 Å². The molecule has 0 saturated heterocycles. The van der Waals surface area contributed by atoms with Gasteiger partial charge in [-0.3, -0.25) is 13.9 Å². The number of aromatic nitrogens is 3. The van der Waals surface area contributed by atoms with Crippen molar-refractivity contribution in [1.29, 1.82) is 0 Å². The van der Waals surface area contributed by atoms with Crippen molar-refractivity contribution in [1.82, 2.24) is 14.4 Å². The Morgan fingerprint density at radius 2 is 1.86 bits per heavy atom. The Morgan fingerprint density at radius 1 is 1.06 bits per heavy atom. The van der Waals surface area contributed by atoms with E-state index in [1.54, 1.807) is 43.5 Å². The summed E-state index contributed by atoms with van der Waals surface area (Å²) in [7, 11) is -1.08. The van der Waals surface area contributed by atoms with Gasteiger partial charge in [0.05, 0.1) is 24.8 Å². The number of hydrogen-bond acceptors (Lipinski definition) is 8. The van der Waals surface area contributed by atoms with Crippen LogP contribution in [0.15, 0.2) is 64.7 Å². The van der Waals surface area contributed by atoms with Gasteiger partial charge in [-0.05, 0) is 42.8 Å². The zero-order chi connectivity index (χ0) is 25.9. The molecule has 0 aliphatic rings. The highest BCUT2D eigenvalue weighted by atomic mass is 35.5. The zero-order valence-corrected chi connectivity index (χ0v) is 21.3. The normalized spacial score (nSPS) is 11.4. The number of pyridine rings is 2. The molecule has 4 aromatic rings. The summed E-state index contributed by atoms with van der Waals surface area (Å²) in [6.45, 7) is 2.15. The molecule has 1 aromatic carbocycles. The minimum atomic E-state index is -4.00. The second-order valence-corrected chi connectivity index (χ2v) is 9.72. The number of anilines is 1. The Labute approximate surface area is 212 Å². The zero-order valence-electron chi connectivity index (χ0n) is 19.7. The van der Waals surface area contributed by atoms with E-state index in [1.807, 2.05) is 0 Å². The first kappa shape index (κ1) is 25.4. The predicted octanol–water partition coefficient (Wildman–Crippen LogP) is 3.55. The van der Waals surface area contributed by atoms with Crippen LogP contribution in [0.5, 0.6) is 11.6 Å². The van der Waals surface area contributed by atoms with Gasteiger partial charge in [0.25, 0.3) is 15.6 Å². The molecule has 3 aromatic heterocycles. The average Bonchev–Trinajstić information content (AvgIpc) is 2.86. The molecule has 0 fully saturated rings. The summed E-state index contributed by atoms with van der Waals surface area (Å²) < 4.78 is 45.8. The minimum absolute atomic E-state index is 0.0341. The van der Waals surface area contributed by atoms with Crippen LogP contribution in [0.3, 0.4) is 0 Å². The monoisotopic (exact) mass is 530 g/mol. The maximum atomic E-state index is 13.1. The minimum Gasteiger partial charge on any atom is -0.484 e. The maximum Gasteiger partial charge on any atom is 0.300 e. The fraction of sp³-hybridized carbons (Fsp3) is 0.208. The predicted molar refractivity (Wildman–Crippen MR) is 136 cm³/mol. The largest absolute Gasteiger partial charge is 0.484 e. The van der Waals surface area contributed by atoms with Crippen molar-refractivity contribution in [3.63, 3.8) is 0 Å². The Kier molecular flexibility index (Phi) is 7.43. The van der Waals surface area contributed by atoms with Gasteiger partial charge in [-0.2, -0.15) is 0 Å². The van der Waals surface area contributed by atoms with Crippen LogP contribution in [0.25, 0.3) is 16.8 Å². The van der Waals surface area contributed by atoms with Crippen LogP contribution in [0.2, 0.25) is 5.02 Å². The van der Waals surface area contributed by atoms with E-state index in [2.05, 4.69) is 14.7 Å². The SMILES string of the molecule is COCCOc1cnc2ccc(-c3cnc(OC)c(NS(=O)(=O)c4cccc(Cl)c4C)c3)cn2c1=O. The van der Waals surface area contributed by atoms with Gasteiger partial charge in [0, 0.05) is 35.7 Å². The van der Waals surface area contributed by atoms with Crippen molar-refractivity contribution >= 4 is 33.0 Å². The fourth-order valence-electron chi connectivity index (χ4n) is 3.49. The molecule has 0 radical (unpaired) electrons. The van der Waals surface area contributed by atoms with Crippen molar-refractivity contribution < 1.29 is 22.6 Å². The Balaban J connectivity index is 1.74. The van der Waals surface area contributed by atoms with Gasteiger partial charge in [-0.1, -0.05) is 17.7 Å². The molecule has 12 heteroatoms. The lowest BCUT2D eigenvalue weighted by molar-refractivity contribution is 0.145. The molecule has 4 rings (SSSR count). The lowest BCUT2D eigenvalue weighted by Gasteiger charge is -2.14. The molecular weight excluding hydrogens is 508 g/mol. The summed E-state index contributed by atoms with van der Waals surface area (Å²) in [6, 6.07) is 9.62. The number of methoxy groups -OCH3 is 2. The van der Waals surface area contributed by atoms with Crippen LogP contribution >= 0.6 is 11.6 Å². The molecule has 0 spiro atoms. The first-order valence-electron chi connectivity index (χ1n) is 10.7. The third-order valence-corrected chi connectivity index (χ3v) is 7.26. The summed E-state index contributed by atoms with van der Waals surface area (Å²) >= 11 is 6.12. The van der Waals surface area contributed by atoms with Crippen molar-refractivity contribution in [2.24, 2.45) is 0 Å². The number of halogens is 1. The fourth-order valence-corrected chi connectivity index (χ4v) is 5.04. The topological polar surface area (TPSA) is 121 Å². The van der Waals surface area contributed by atoms with Crippen LogP contribution in [-0.4, -0.2) is 50.2 Å². The van der Waals surface area contributed by atoms with E-state index in [0.29, 0.717) is 34.0 Å². The number of fused-ring (bicyclic) bond motifs is 1. The van der Waals surface area contributed by atoms with Gasteiger partial charge in [0.15, 0.2) is 0 Å². The number of nitrogens with one attached hydrogen (secondary N) is 1. The van der Waals surface area contributed by atoms with Crippen LogP contribution in [-0.2, 0) is 14.8 Å². The molecule has 0 saturated carbocycles. The standard InChI is InChI=1S/C24H23ClN4O6S/c1-15-18(25)5-4-6-21(15)36(31,32)28-19-11-17(12-27-23(19)34-3)16-7-8-22-26-13-20(35-10-9-33-2)24(30)29(22)14-16/h4-8,11-14,28H,9-10H2,1-3H3. The number of rotatable bonds is 9. The van der Waals surface area contributed by atoms with Gasteiger partial charge in [0.1, 0.15) is 17.9 Å². The first-order chi connectivity index (χ1) is 17.2. The summed E-state index contributed by atoms with van der Waals surface area (Å²) in [5, 5.41) is 0.331. The number of ether oxygens (including phenoxy) is 3. The van der Waals surface area contributed by atoms with E-state index < -0.39 is 15.6 Å². The quantitative estimate of drug-likeness (QED) is 0.326. The Hall–Kier alpha value is -3.67. The molecule has 1 N–H and O–H groups in total. The van der Waals surface area contributed by atoms with Crippen molar-refractivity contribution in [3.8, 4) is 22.8 Å². The molecule has 0 unspecified atom stereocenters. The Bertz CT molecular complexity index is 1590. The van der Waals surface area contributed by atoms with E-state index in [1.165, 1.54) is 37.1 Å². The van der Waals surface area contributed by atoms with E-state index in [-0.39, 0.29) is 28.8 Å². The lowest BCUT2D eigenvalue weighted by atomic mass is 10.1. The van der Waals surface area contributed by atoms with Crippen LogP contribution in [0, 0.1) is 6.92 Å². The molecule has 10 nitrogen and oxygen atoms in total. The molecule has 188 valence electrons. The number of hydrogen-bond donors (Lipinski definition) is 1. The van der Waals surface area contributed by atoms with E-state index in [4.69, 9.17) is 25.8 Å². The van der Waals surface area contributed by atoms with E-state index in [9.17, 15) is 13.2 Å². The third kappa shape index (κ3) is 5.13. The van der Waals surface area contributed by atoms with Gasteiger partial charge >= 0.3 is 0 Å². The molecule has 0 aliphatic carbocycles. The highest BCUT2D eigenvalue weighted by Crippen LogP contribution is 2.31. The third-order valence-electron chi connectivity index (χ3n) is 5.35. The molecule has 0 bridgehead atoms. The molecule has 0 aliphatic heterocycles. The van der Waals surface area contributed by atoms with Crippen LogP contribution in [0.4, 0.5) is 5.69 Å². The summed E-state index contributed by atoms with van der Waals surface area (Å²) in [6.07, 6.45) is 4.46. The van der Waals surface area contributed by atoms with Gasteiger partial charge in [0.2, 0.25) is 11.6 Å². The van der Waals surface area contributed by atoms with Gasteiger partial charge < -0.3 is 14.2 Å². The number of benzene rings is 1. The van der Waals surface area contributed by atoms with Crippen LogP contribution in [0.1, 0.15) is 5.56 Å². The van der Waals surface area contributed by atoms with E-state index >= 15 is 0 Å². The number of nitrogens with zero attached hydrogens (tertiary/aromatic N) is 3. The maximum absolute atomic E-state index is 13.1.